The third-order valence-corrected chi connectivity index (χ3v) is 5.71. The number of aromatic nitrogens is 3. The molecule has 0 radical (unpaired) electrons. The smallest absolute Gasteiger partial charge is 0.272 e. The summed E-state index contributed by atoms with van der Waals surface area (Å²) in [5.41, 5.74) is 2.91. The minimum atomic E-state index is -0.634. The van der Waals surface area contributed by atoms with Crippen molar-refractivity contribution in [2.75, 3.05) is 44.3 Å². The lowest BCUT2D eigenvalue weighted by Crippen LogP contribution is -2.46. The minimum absolute atomic E-state index is 0.0512. The van der Waals surface area contributed by atoms with Gasteiger partial charge in [-0.05, 0) is 43.7 Å². The number of anilines is 1. The molecule has 0 spiro atoms. The van der Waals surface area contributed by atoms with Gasteiger partial charge in [-0.15, -0.1) is 0 Å². The van der Waals surface area contributed by atoms with Crippen molar-refractivity contribution in [1.82, 2.24) is 25.2 Å². The van der Waals surface area contributed by atoms with E-state index in [2.05, 4.69) is 30.1 Å². The molecule has 1 aromatic carbocycles. The van der Waals surface area contributed by atoms with Crippen LogP contribution in [0.3, 0.4) is 0 Å². The Bertz CT molecular complexity index is 1240. The van der Waals surface area contributed by atoms with E-state index in [0.717, 1.165) is 5.56 Å². The summed E-state index contributed by atoms with van der Waals surface area (Å²) in [4.78, 5) is 39.7. The molecule has 4 rings (SSSR count). The van der Waals surface area contributed by atoms with Crippen molar-refractivity contribution in [3.8, 4) is 0 Å². The SMILES string of the molecule is Cc1ccc(N2CCN(Cc3cc(F)c4nc(C)c(=O)[nH]c4c3)CC2)c(C(=O)NCCF)n1. The lowest BCUT2D eigenvalue weighted by Gasteiger charge is -2.36. The van der Waals surface area contributed by atoms with E-state index < -0.39 is 18.4 Å². The number of piperazine rings is 1. The normalized spacial score (nSPS) is 14.6. The number of H-pyrrole nitrogens is 1. The van der Waals surface area contributed by atoms with Crippen LogP contribution in [0.1, 0.15) is 27.4 Å². The van der Waals surface area contributed by atoms with Gasteiger partial charge in [0.05, 0.1) is 11.2 Å². The van der Waals surface area contributed by atoms with Crippen molar-refractivity contribution in [2.24, 2.45) is 0 Å². The number of aryl methyl sites for hydroxylation is 2. The highest BCUT2D eigenvalue weighted by Crippen LogP contribution is 2.23. The van der Waals surface area contributed by atoms with Crippen LogP contribution in [0.5, 0.6) is 0 Å². The molecule has 0 saturated carbocycles. The van der Waals surface area contributed by atoms with Crippen molar-refractivity contribution in [1.29, 1.82) is 0 Å². The predicted molar refractivity (Wildman–Crippen MR) is 122 cm³/mol. The second-order valence-electron chi connectivity index (χ2n) is 8.15. The summed E-state index contributed by atoms with van der Waals surface area (Å²) in [5.74, 6) is -0.853. The van der Waals surface area contributed by atoms with E-state index >= 15 is 0 Å². The maximum atomic E-state index is 14.6. The van der Waals surface area contributed by atoms with Crippen LogP contribution < -0.4 is 15.8 Å². The topological polar surface area (TPSA) is 94.2 Å². The van der Waals surface area contributed by atoms with E-state index in [1.165, 1.54) is 6.07 Å². The number of pyridine rings is 1. The fraction of sp³-hybridized carbons (Fsp3) is 0.391. The van der Waals surface area contributed by atoms with Crippen LogP contribution in [-0.4, -0.2) is 65.2 Å². The molecule has 1 saturated heterocycles. The van der Waals surface area contributed by atoms with E-state index in [1.807, 2.05) is 12.1 Å². The van der Waals surface area contributed by atoms with Gasteiger partial charge in [0.25, 0.3) is 11.5 Å². The number of halogens is 2. The number of carbonyl (C=O) groups is 1. The van der Waals surface area contributed by atoms with Crippen molar-refractivity contribution >= 4 is 22.6 Å². The van der Waals surface area contributed by atoms with Gasteiger partial charge < -0.3 is 15.2 Å². The molecular formula is C23H26F2N6O2. The number of benzene rings is 1. The molecule has 0 atom stereocenters. The van der Waals surface area contributed by atoms with E-state index in [0.29, 0.717) is 55.3 Å². The molecule has 33 heavy (non-hydrogen) atoms. The van der Waals surface area contributed by atoms with Gasteiger partial charge in [0, 0.05) is 45.0 Å². The lowest BCUT2D eigenvalue weighted by atomic mass is 10.1. The second-order valence-corrected chi connectivity index (χ2v) is 8.15. The highest BCUT2D eigenvalue weighted by atomic mass is 19.1. The average molecular weight is 456 g/mol. The number of amides is 1. The summed E-state index contributed by atoms with van der Waals surface area (Å²) in [5, 5.41) is 2.54. The molecule has 2 aromatic heterocycles. The summed E-state index contributed by atoms with van der Waals surface area (Å²) in [6.45, 7) is 5.89. The summed E-state index contributed by atoms with van der Waals surface area (Å²) < 4.78 is 27.0. The van der Waals surface area contributed by atoms with Crippen LogP contribution in [0.15, 0.2) is 29.1 Å². The number of carbonyl (C=O) groups excluding carboxylic acids is 1. The number of aromatic amines is 1. The molecule has 0 bridgehead atoms. The first-order chi connectivity index (χ1) is 15.9. The Balaban J connectivity index is 1.46. The average Bonchev–Trinajstić information content (AvgIpc) is 2.79. The van der Waals surface area contributed by atoms with Gasteiger partial charge in [-0.2, -0.15) is 0 Å². The van der Waals surface area contributed by atoms with Gasteiger partial charge in [-0.1, -0.05) is 0 Å². The zero-order valence-electron chi connectivity index (χ0n) is 18.6. The number of hydrogen-bond acceptors (Lipinski definition) is 6. The Morgan fingerprint density at radius 3 is 2.64 bits per heavy atom. The van der Waals surface area contributed by atoms with Gasteiger partial charge in [-0.25, -0.2) is 18.7 Å². The molecule has 2 N–H and O–H groups in total. The van der Waals surface area contributed by atoms with Gasteiger partial charge in [0.1, 0.15) is 17.9 Å². The summed E-state index contributed by atoms with van der Waals surface area (Å²) in [6.07, 6.45) is 0. The largest absolute Gasteiger partial charge is 0.367 e. The number of fused-ring (bicyclic) bond motifs is 1. The molecule has 1 amide bonds. The number of nitrogens with zero attached hydrogens (tertiary/aromatic N) is 4. The van der Waals surface area contributed by atoms with Crippen molar-refractivity contribution < 1.29 is 13.6 Å². The lowest BCUT2D eigenvalue weighted by molar-refractivity contribution is 0.0946. The van der Waals surface area contributed by atoms with Crippen LogP contribution in [-0.2, 0) is 6.54 Å². The highest BCUT2D eigenvalue weighted by Gasteiger charge is 2.23. The van der Waals surface area contributed by atoms with Crippen molar-refractivity contribution in [2.45, 2.75) is 20.4 Å². The quantitative estimate of drug-likeness (QED) is 0.590. The van der Waals surface area contributed by atoms with E-state index in [9.17, 15) is 18.4 Å². The molecule has 174 valence electrons. The number of alkyl halides is 1. The molecule has 1 aliphatic rings. The number of hydrogen-bond donors (Lipinski definition) is 2. The maximum Gasteiger partial charge on any atom is 0.272 e. The van der Waals surface area contributed by atoms with Crippen LogP contribution in [0.2, 0.25) is 0 Å². The van der Waals surface area contributed by atoms with Crippen LogP contribution in [0, 0.1) is 19.7 Å². The van der Waals surface area contributed by atoms with Gasteiger partial charge in [-0.3, -0.25) is 14.5 Å². The molecule has 10 heteroatoms. The molecule has 8 nitrogen and oxygen atoms in total. The highest BCUT2D eigenvalue weighted by molar-refractivity contribution is 5.97. The Morgan fingerprint density at radius 1 is 1.15 bits per heavy atom. The van der Waals surface area contributed by atoms with Gasteiger partial charge in [0.15, 0.2) is 11.5 Å². The summed E-state index contributed by atoms with van der Waals surface area (Å²) in [7, 11) is 0. The van der Waals surface area contributed by atoms with Gasteiger partial charge in [0.2, 0.25) is 0 Å². The number of nitrogens with one attached hydrogen (secondary N) is 2. The second kappa shape index (κ2) is 9.62. The van der Waals surface area contributed by atoms with Crippen molar-refractivity contribution in [3.63, 3.8) is 0 Å². The molecule has 3 heterocycles. The van der Waals surface area contributed by atoms with Crippen LogP contribution in [0.4, 0.5) is 14.5 Å². The summed E-state index contributed by atoms with van der Waals surface area (Å²) in [6, 6.07) is 6.93. The molecule has 0 unspecified atom stereocenters. The van der Waals surface area contributed by atoms with E-state index in [1.54, 1.807) is 19.9 Å². The Morgan fingerprint density at radius 2 is 1.91 bits per heavy atom. The molecule has 1 aliphatic heterocycles. The zero-order valence-corrected chi connectivity index (χ0v) is 18.6. The van der Waals surface area contributed by atoms with Crippen LogP contribution >= 0.6 is 0 Å². The fourth-order valence-corrected chi connectivity index (χ4v) is 4.01. The Labute approximate surface area is 189 Å². The number of rotatable bonds is 6. The molecule has 1 fully saturated rings. The summed E-state index contributed by atoms with van der Waals surface area (Å²) >= 11 is 0. The zero-order chi connectivity index (χ0) is 23.5. The van der Waals surface area contributed by atoms with Crippen molar-refractivity contribution in [3.05, 3.63) is 63.1 Å². The van der Waals surface area contributed by atoms with E-state index in [4.69, 9.17) is 0 Å². The molecular weight excluding hydrogens is 430 g/mol. The predicted octanol–water partition coefficient (Wildman–Crippen LogP) is 2.10. The third-order valence-electron chi connectivity index (χ3n) is 5.71. The standard InChI is InChI=1S/C23H26F2N6O2/c1-14-3-4-19(21(27-14)23(33)26-6-5-24)31-9-7-30(8-10-31)13-16-11-17(25)20-18(12-16)29-22(32)15(2)28-20/h3-4,11-12H,5-10,13H2,1-2H3,(H,26,33)(H,29,32). The monoisotopic (exact) mass is 456 g/mol. The van der Waals surface area contributed by atoms with Crippen LogP contribution in [0.25, 0.3) is 11.0 Å². The molecule has 0 aliphatic carbocycles. The minimum Gasteiger partial charge on any atom is -0.367 e. The Kier molecular flexibility index (Phi) is 6.64. The van der Waals surface area contributed by atoms with Gasteiger partial charge >= 0.3 is 0 Å². The molecule has 3 aromatic rings. The fourth-order valence-electron chi connectivity index (χ4n) is 4.01. The maximum absolute atomic E-state index is 14.6. The first-order valence-electron chi connectivity index (χ1n) is 10.8. The first kappa shape index (κ1) is 22.8. The Hall–Kier alpha value is -3.40. The third kappa shape index (κ3) is 5.00. The first-order valence-corrected chi connectivity index (χ1v) is 10.8. The van der Waals surface area contributed by atoms with E-state index in [-0.39, 0.29) is 23.3 Å².